The summed E-state index contributed by atoms with van der Waals surface area (Å²) < 4.78 is 9.97. The Bertz CT molecular complexity index is 867. The third-order valence-corrected chi connectivity index (χ3v) is 6.50. The number of methoxy groups -OCH3 is 1. The molecule has 12 heteroatoms. The Morgan fingerprint density at radius 2 is 1.84 bits per heavy atom. The second-order valence-electron chi connectivity index (χ2n) is 7.07. The maximum absolute atomic E-state index is 12.8. The second-order valence-corrected chi connectivity index (χ2v) is 8.18. The number of hydrogen-bond donors (Lipinski definition) is 0. The Labute approximate surface area is 205 Å². The van der Waals surface area contributed by atoms with Gasteiger partial charge in [-0.25, -0.2) is 0 Å². The third-order valence-electron chi connectivity index (χ3n) is 4.93. The molecule has 3 atom stereocenters. The molecule has 0 radical (unpaired) electrons. The van der Waals surface area contributed by atoms with Gasteiger partial charge in [-0.15, -0.1) is 11.8 Å². The van der Waals surface area contributed by atoms with Crippen LogP contribution in [0.1, 0.15) is 13.8 Å². The Morgan fingerprint density at radius 1 is 1.23 bits per heavy atom. The van der Waals surface area contributed by atoms with Crippen molar-refractivity contribution in [3.63, 3.8) is 0 Å². The third kappa shape index (κ3) is 5.11. The summed E-state index contributed by atoms with van der Waals surface area (Å²) in [6, 6.07) is 5.61. The molecular weight excluding hydrogens is 439 g/mol. The molecule has 1 aromatic carbocycles. The predicted octanol–water partition coefficient (Wildman–Crippen LogP) is -3.58. The van der Waals surface area contributed by atoms with Gasteiger partial charge in [0.15, 0.2) is 11.8 Å². The van der Waals surface area contributed by atoms with Crippen molar-refractivity contribution in [2.45, 2.75) is 25.3 Å². The topological polar surface area (TPSA) is 126 Å². The Balaban J connectivity index is 0.00000341. The van der Waals surface area contributed by atoms with E-state index in [0.717, 1.165) is 5.06 Å². The van der Waals surface area contributed by atoms with Gasteiger partial charge in [-0.2, -0.15) is 5.06 Å². The molecule has 1 aromatic rings. The van der Waals surface area contributed by atoms with Crippen LogP contribution in [0.5, 0.6) is 11.5 Å². The molecular formula is C19H21N2NaO8S. The molecule has 0 aliphatic carbocycles. The number of esters is 1. The molecule has 0 N–H and O–H groups in total. The van der Waals surface area contributed by atoms with Gasteiger partial charge >= 0.3 is 35.5 Å². The van der Waals surface area contributed by atoms with Crippen LogP contribution in [-0.4, -0.2) is 71.1 Å². The van der Waals surface area contributed by atoms with Crippen LogP contribution in [0.2, 0.25) is 0 Å². The summed E-state index contributed by atoms with van der Waals surface area (Å²) in [7, 11) is 1.52. The van der Waals surface area contributed by atoms with Crippen molar-refractivity contribution >= 4 is 35.5 Å². The molecule has 10 nitrogen and oxygen atoms in total. The standard InChI is InChI=1S/C19H22N2O8S.Na/c1-11(22)21(29-14-6-4-13(27-3)5-7-14)15-16(24)20-8-19(18(25)26,9-28-12(2)23)10-30-17(15)20;/h4-7,15,17H,8-10H2,1-3H3,(H,25,26);/q;+1/p-1/t15?,17-,19?;/m1./s1. The van der Waals surface area contributed by atoms with Crippen molar-refractivity contribution in [2.24, 2.45) is 5.41 Å². The number of nitrogens with zero attached hydrogens (tertiary/aromatic N) is 2. The minimum atomic E-state index is -1.51. The normalized spacial score (nSPS) is 24.1. The number of carbonyl (C=O) groups excluding carboxylic acids is 4. The van der Waals surface area contributed by atoms with E-state index in [4.69, 9.17) is 14.3 Å². The molecule has 2 heterocycles. The first-order valence-electron chi connectivity index (χ1n) is 9.07. The van der Waals surface area contributed by atoms with Gasteiger partial charge in [-0.1, -0.05) is 0 Å². The van der Waals surface area contributed by atoms with Crippen molar-refractivity contribution in [3.05, 3.63) is 24.3 Å². The van der Waals surface area contributed by atoms with Crippen molar-refractivity contribution in [3.8, 4) is 11.5 Å². The van der Waals surface area contributed by atoms with Gasteiger partial charge in [-0.3, -0.25) is 14.4 Å². The van der Waals surface area contributed by atoms with Gasteiger partial charge in [0, 0.05) is 26.1 Å². The number of amides is 2. The van der Waals surface area contributed by atoms with Crippen molar-refractivity contribution in [1.82, 2.24) is 9.96 Å². The summed E-state index contributed by atoms with van der Waals surface area (Å²) in [5.41, 5.74) is -1.51. The summed E-state index contributed by atoms with van der Waals surface area (Å²) in [6.07, 6.45) is 0. The Hall–Kier alpha value is -1.95. The van der Waals surface area contributed by atoms with E-state index in [1.165, 1.54) is 37.6 Å². The van der Waals surface area contributed by atoms with Crippen LogP contribution >= 0.6 is 11.8 Å². The van der Waals surface area contributed by atoms with Crippen molar-refractivity contribution in [2.75, 3.05) is 26.0 Å². The quantitative estimate of drug-likeness (QED) is 0.176. The van der Waals surface area contributed by atoms with E-state index in [1.54, 1.807) is 24.3 Å². The zero-order valence-electron chi connectivity index (χ0n) is 17.7. The molecule has 2 unspecified atom stereocenters. The van der Waals surface area contributed by atoms with Gasteiger partial charge in [-0.05, 0) is 24.3 Å². The fourth-order valence-electron chi connectivity index (χ4n) is 3.26. The van der Waals surface area contributed by atoms with E-state index in [1.807, 2.05) is 0 Å². The van der Waals surface area contributed by atoms with Gasteiger partial charge < -0.3 is 29.1 Å². The molecule has 2 fully saturated rings. The number of hydrogen-bond acceptors (Lipinski definition) is 9. The largest absolute Gasteiger partial charge is 1.00 e. The minimum Gasteiger partial charge on any atom is -0.549 e. The number of benzene rings is 1. The van der Waals surface area contributed by atoms with E-state index < -0.39 is 47.2 Å². The smallest absolute Gasteiger partial charge is 0.549 e. The maximum Gasteiger partial charge on any atom is 1.00 e. The monoisotopic (exact) mass is 460 g/mol. The number of aliphatic carboxylic acids is 1. The molecule has 162 valence electrons. The number of hydroxylamine groups is 2. The fourth-order valence-corrected chi connectivity index (χ4v) is 4.81. The molecule has 2 saturated heterocycles. The second kappa shape index (κ2) is 10.1. The number of carboxylic acid groups (broad SMARTS) is 1. The number of ether oxygens (including phenoxy) is 2. The van der Waals surface area contributed by atoms with Crippen LogP contribution in [0.15, 0.2) is 24.3 Å². The van der Waals surface area contributed by atoms with E-state index in [-0.39, 0.29) is 41.9 Å². The molecule has 2 amide bonds. The van der Waals surface area contributed by atoms with Gasteiger partial charge in [0.2, 0.25) is 0 Å². The van der Waals surface area contributed by atoms with Gasteiger partial charge in [0.25, 0.3) is 11.8 Å². The summed E-state index contributed by atoms with van der Waals surface area (Å²) in [6.45, 7) is 1.88. The number of carboxylic acids is 1. The fraction of sp³-hybridized carbons (Fsp3) is 0.474. The van der Waals surface area contributed by atoms with E-state index >= 15 is 0 Å². The van der Waals surface area contributed by atoms with Crippen LogP contribution in [0.3, 0.4) is 0 Å². The average molecular weight is 460 g/mol. The van der Waals surface area contributed by atoms with E-state index in [0.29, 0.717) is 11.5 Å². The summed E-state index contributed by atoms with van der Waals surface area (Å²) >= 11 is 1.17. The molecule has 0 spiro atoms. The Kier molecular flexibility index (Phi) is 8.26. The molecule has 0 aromatic heterocycles. The minimum absolute atomic E-state index is 0. The van der Waals surface area contributed by atoms with Gasteiger partial charge in [0.05, 0.1) is 18.5 Å². The van der Waals surface area contributed by atoms with Crippen LogP contribution < -0.4 is 44.2 Å². The van der Waals surface area contributed by atoms with Crippen molar-refractivity contribution < 1.29 is 68.2 Å². The van der Waals surface area contributed by atoms with Crippen LogP contribution in [0.25, 0.3) is 0 Å². The number of β-lactam (4-membered cyclic amide) rings is 1. The number of thioether (sulfide) groups is 1. The molecule has 2 aliphatic rings. The van der Waals surface area contributed by atoms with E-state index in [9.17, 15) is 24.3 Å². The number of fused-ring (bicyclic) bond motifs is 1. The van der Waals surface area contributed by atoms with Gasteiger partial charge in [0.1, 0.15) is 17.7 Å². The average Bonchev–Trinajstić information content (AvgIpc) is 2.72. The van der Waals surface area contributed by atoms with Crippen LogP contribution in [0.4, 0.5) is 0 Å². The first-order valence-corrected chi connectivity index (χ1v) is 10.1. The summed E-state index contributed by atoms with van der Waals surface area (Å²) in [5, 5.41) is 12.3. The van der Waals surface area contributed by atoms with Crippen molar-refractivity contribution in [1.29, 1.82) is 0 Å². The zero-order valence-corrected chi connectivity index (χ0v) is 20.5. The molecule has 3 rings (SSSR count). The maximum atomic E-state index is 12.8. The Morgan fingerprint density at radius 3 is 2.35 bits per heavy atom. The predicted molar refractivity (Wildman–Crippen MR) is 102 cm³/mol. The molecule has 2 aliphatic heterocycles. The van der Waals surface area contributed by atoms with Crippen LogP contribution in [0, 0.1) is 5.41 Å². The molecule has 0 saturated carbocycles. The summed E-state index contributed by atoms with van der Waals surface area (Å²) in [5.74, 6) is -1.93. The first-order chi connectivity index (χ1) is 14.2. The van der Waals surface area contributed by atoms with E-state index in [2.05, 4.69) is 0 Å². The summed E-state index contributed by atoms with van der Waals surface area (Å²) in [4.78, 5) is 54.8. The number of rotatable bonds is 7. The SMILES string of the molecule is COc1ccc(ON(C(C)=O)C2C(=O)N3CC(COC(C)=O)(C(=O)[O-])CS[C@H]23)cc1.[Na+]. The van der Waals surface area contributed by atoms with Crippen LogP contribution in [-0.2, 0) is 23.9 Å². The number of carbonyl (C=O) groups is 4. The first kappa shape index (κ1) is 25.3. The molecule has 0 bridgehead atoms. The molecule has 31 heavy (non-hydrogen) atoms. The zero-order chi connectivity index (χ0) is 22.1.